The highest BCUT2D eigenvalue weighted by molar-refractivity contribution is 7.91. The van der Waals surface area contributed by atoms with Gasteiger partial charge < -0.3 is 4.74 Å². The number of ether oxygens (including phenoxy) is 1. The van der Waals surface area contributed by atoms with Crippen LogP contribution in [0.25, 0.3) is 10.8 Å². The molecule has 0 amide bonds. The van der Waals surface area contributed by atoms with E-state index < -0.39 is 9.84 Å². The third-order valence-corrected chi connectivity index (χ3v) is 7.14. The van der Waals surface area contributed by atoms with Crippen molar-refractivity contribution in [2.45, 2.75) is 35.8 Å². The fraction of sp³-hybridized carbons (Fsp3) is 0.227. The number of sulfone groups is 1. The number of aromatic nitrogens is 4. The monoisotopic (exact) mass is 436 g/mol. The molecule has 1 aliphatic rings. The molecule has 1 atom stereocenters. The van der Waals surface area contributed by atoms with Crippen LogP contribution >= 0.6 is 0 Å². The van der Waals surface area contributed by atoms with E-state index in [2.05, 4.69) is 10.2 Å². The molecule has 2 aromatic heterocycles. The number of fused-ring (bicyclic) bond motifs is 2. The third-order valence-electron chi connectivity index (χ3n) is 5.39. The van der Waals surface area contributed by atoms with Gasteiger partial charge in [-0.05, 0) is 55.0 Å². The Morgan fingerprint density at radius 1 is 1.13 bits per heavy atom. The van der Waals surface area contributed by atoms with Gasteiger partial charge in [0.25, 0.3) is 5.56 Å². The molecular formula is C22H20N4O4S. The molecule has 0 saturated carbocycles. The molecular weight excluding hydrogens is 416 g/mol. The van der Waals surface area contributed by atoms with Crippen molar-refractivity contribution in [3.63, 3.8) is 0 Å². The van der Waals surface area contributed by atoms with Crippen LogP contribution in [0.2, 0.25) is 0 Å². The van der Waals surface area contributed by atoms with Crippen LogP contribution in [-0.2, 0) is 29.9 Å². The Labute approximate surface area is 178 Å². The summed E-state index contributed by atoms with van der Waals surface area (Å²) >= 11 is 0. The van der Waals surface area contributed by atoms with Gasteiger partial charge in [0.1, 0.15) is 11.9 Å². The smallest absolute Gasteiger partial charge is 0.274 e. The highest BCUT2D eigenvalue weighted by atomic mass is 32.2. The number of aryl methyl sites for hydroxylation is 1. The summed E-state index contributed by atoms with van der Waals surface area (Å²) in [5, 5.41) is 9.35. The lowest BCUT2D eigenvalue weighted by Gasteiger charge is -2.09. The van der Waals surface area contributed by atoms with E-state index in [1.165, 1.54) is 23.0 Å². The van der Waals surface area contributed by atoms with Crippen molar-refractivity contribution >= 4 is 20.6 Å². The zero-order chi connectivity index (χ0) is 21.8. The van der Waals surface area contributed by atoms with Crippen molar-refractivity contribution in [3.05, 3.63) is 76.5 Å². The van der Waals surface area contributed by atoms with Gasteiger partial charge in [-0.3, -0.25) is 9.48 Å². The first-order valence-corrected chi connectivity index (χ1v) is 11.3. The van der Waals surface area contributed by atoms with E-state index in [9.17, 15) is 13.2 Å². The van der Waals surface area contributed by atoms with Gasteiger partial charge in [0.2, 0.25) is 9.84 Å². The molecule has 0 N–H and O–H groups in total. The summed E-state index contributed by atoms with van der Waals surface area (Å²) in [7, 11) is -1.94. The van der Waals surface area contributed by atoms with E-state index in [4.69, 9.17) is 4.74 Å². The van der Waals surface area contributed by atoms with Crippen molar-refractivity contribution in [1.82, 2.24) is 19.6 Å². The summed E-state index contributed by atoms with van der Waals surface area (Å²) in [6.45, 7) is 2.19. The Bertz CT molecular complexity index is 1490. The average molecular weight is 436 g/mol. The van der Waals surface area contributed by atoms with Gasteiger partial charge in [-0.2, -0.15) is 10.2 Å². The maximum atomic E-state index is 13.2. The molecule has 1 unspecified atom stereocenters. The van der Waals surface area contributed by atoms with Gasteiger partial charge in [-0.1, -0.05) is 0 Å². The SMILES string of the molecule is CC1Cc2cc(S(=O)(=O)c3ccc4c(=O)n(Cc5ccn(C)n5)ncc4c3)ccc2O1. The van der Waals surface area contributed by atoms with Crippen LogP contribution in [0, 0.1) is 0 Å². The van der Waals surface area contributed by atoms with E-state index in [-0.39, 0.29) is 28.0 Å². The molecule has 0 spiro atoms. The standard InChI is InChI=1S/C22H20N4O4S/c1-14-9-15-10-19(4-6-21(15)30-14)31(28,29)18-3-5-20-16(11-18)12-23-26(22(20)27)13-17-7-8-25(2)24-17/h3-8,10-12,14H,9,13H2,1-2H3. The first-order chi connectivity index (χ1) is 14.8. The highest BCUT2D eigenvalue weighted by Gasteiger charge is 2.24. The Kier molecular flexibility index (Phi) is 4.44. The number of hydrogen-bond donors (Lipinski definition) is 0. The van der Waals surface area contributed by atoms with Crippen LogP contribution in [-0.4, -0.2) is 34.1 Å². The normalized spacial score (nSPS) is 15.7. The first-order valence-electron chi connectivity index (χ1n) is 9.84. The van der Waals surface area contributed by atoms with Gasteiger partial charge in [0, 0.05) is 25.1 Å². The minimum atomic E-state index is -3.74. The maximum Gasteiger partial charge on any atom is 0.274 e. The van der Waals surface area contributed by atoms with Crippen LogP contribution in [0.3, 0.4) is 0 Å². The number of nitrogens with zero attached hydrogens (tertiary/aromatic N) is 4. The summed E-state index contributed by atoms with van der Waals surface area (Å²) in [4.78, 5) is 13.2. The Hall–Kier alpha value is -3.46. The van der Waals surface area contributed by atoms with Crippen molar-refractivity contribution < 1.29 is 13.2 Å². The summed E-state index contributed by atoms with van der Waals surface area (Å²) < 4.78 is 35.0. The van der Waals surface area contributed by atoms with Gasteiger partial charge in [-0.25, -0.2) is 13.1 Å². The number of benzene rings is 2. The molecule has 3 heterocycles. The minimum Gasteiger partial charge on any atom is -0.490 e. The van der Waals surface area contributed by atoms with E-state index in [1.807, 2.05) is 13.0 Å². The number of rotatable bonds is 4. The Balaban J connectivity index is 1.52. The molecule has 8 nitrogen and oxygen atoms in total. The van der Waals surface area contributed by atoms with Gasteiger partial charge in [-0.15, -0.1) is 0 Å². The van der Waals surface area contributed by atoms with E-state index >= 15 is 0 Å². The molecule has 4 aromatic rings. The molecule has 5 rings (SSSR count). The highest BCUT2D eigenvalue weighted by Crippen LogP contribution is 2.33. The van der Waals surface area contributed by atoms with E-state index in [1.54, 1.807) is 42.2 Å². The lowest BCUT2D eigenvalue weighted by Crippen LogP contribution is -2.23. The molecule has 31 heavy (non-hydrogen) atoms. The lowest BCUT2D eigenvalue weighted by atomic mass is 10.1. The van der Waals surface area contributed by atoms with Gasteiger partial charge >= 0.3 is 0 Å². The van der Waals surface area contributed by atoms with Crippen molar-refractivity contribution in [2.24, 2.45) is 7.05 Å². The summed E-state index contributed by atoms with van der Waals surface area (Å²) in [6.07, 6.45) is 4.02. The second kappa shape index (κ2) is 7.05. The minimum absolute atomic E-state index is 0.0351. The molecule has 1 aliphatic heterocycles. The molecule has 0 bridgehead atoms. The molecule has 0 aliphatic carbocycles. The lowest BCUT2D eigenvalue weighted by molar-refractivity contribution is 0.254. The molecule has 0 saturated heterocycles. The molecule has 9 heteroatoms. The largest absolute Gasteiger partial charge is 0.490 e. The van der Waals surface area contributed by atoms with Crippen LogP contribution in [0.1, 0.15) is 18.2 Å². The van der Waals surface area contributed by atoms with Crippen LogP contribution in [0.5, 0.6) is 5.75 Å². The van der Waals surface area contributed by atoms with Crippen LogP contribution < -0.4 is 10.3 Å². The fourth-order valence-electron chi connectivity index (χ4n) is 3.85. The summed E-state index contributed by atoms with van der Waals surface area (Å²) in [5.74, 6) is 0.725. The average Bonchev–Trinajstić information content (AvgIpc) is 3.33. The Morgan fingerprint density at radius 3 is 2.68 bits per heavy atom. The van der Waals surface area contributed by atoms with Crippen LogP contribution in [0.4, 0.5) is 0 Å². The second-order valence-electron chi connectivity index (χ2n) is 7.74. The molecule has 0 radical (unpaired) electrons. The predicted molar refractivity (Wildman–Crippen MR) is 114 cm³/mol. The summed E-state index contributed by atoms with van der Waals surface area (Å²) in [5.41, 5.74) is 1.30. The molecule has 158 valence electrons. The van der Waals surface area contributed by atoms with Crippen molar-refractivity contribution in [3.8, 4) is 5.75 Å². The van der Waals surface area contributed by atoms with Crippen molar-refractivity contribution in [1.29, 1.82) is 0 Å². The zero-order valence-corrected chi connectivity index (χ0v) is 17.8. The Morgan fingerprint density at radius 2 is 1.90 bits per heavy atom. The van der Waals surface area contributed by atoms with Crippen LogP contribution in [0.15, 0.2) is 69.4 Å². The van der Waals surface area contributed by atoms with E-state index in [0.717, 1.165) is 11.3 Å². The number of hydrogen-bond acceptors (Lipinski definition) is 6. The quantitative estimate of drug-likeness (QED) is 0.487. The summed E-state index contributed by atoms with van der Waals surface area (Å²) in [6, 6.07) is 11.2. The first kappa shape index (κ1) is 19.5. The van der Waals surface area contributed by atoms with E-state index in [0.29, 0.717) is 22.9 Å². The van der Waals surface area contributed by atoms with Crippen molar-refractivity contribution in [2.75, 3.05) is 0 Å². The molecule has 2 aromatic carbocycles. The third kappa shape index (κ3) is 3.40. The topological polar surface area (TPSA) is 96.1 Å². The maximum absolute atomic E-state index is 13.2. The van der Waals surface area contributed by atoms with Gasteiger partial charge in [0.15, 0.2) is 0 Å². The zero-order valence-electron chi connectivity index (χ0n) is 17.0. The molecule has 0 fully saturated rings. The predicted octanol–water partition coefficient (Wildman–Crippen LogP) is 2.33. The van der Waals surface area contributed by atoms with Gasteiger partial charge in [0.05, 0.1) is 33.6 Å². The second-order valence-corrected chi connectivity index (χ2v) is 9.69. The fourth-order valence-corrected chi connectivity index (χ4v) is 5.19.